The highest BCUT2D eigenvalue weighted by Gasteiger charge is 2.47. The average Bonchev–Trinajstić information content (AvgIpc) is 3.25. The monoisotopic (exact) mass is 491 g/mol. The van der Waals surface area contributed by atoms with Crippen molar-refractivity contribution in [3.8, 4) is 0 Å². The van der Waals surface area contributed by atoms with Crippen molar-refractivity contribution in [1.82, 2.24) is 4.90 Å². The molecule has 10 heteroatoms. The van der Waals surface area contributed by atoms with Crippen LogP contribution in [0.4, 0.5) is 13.2 Å². The van der Waals surface area contributed by atoms with Crippen LogP contribution in [0.15, 0.2) is 11.6 Å². The predicted octanol–water partition coefficient (Wildman–Crippen LogP) is 3.60. The third-order valence-corrected chi connectivity index (χ3v) is 6.68. The molecule has 194 valence electrons. The molecule has 5 atom stereocenters. The van der Waals surface area contributed by atoms with Crippen molar-refractivity contribution in [3.05, 3.63) is 11.6 Å². The first-order chi connectivity index (χ1) is 15.9. The zero-order valence-corrected chi connectivity index (χ0v) is 20.1. The summed E-state index contributed by atoms with van der Waals surface area (Å²) in [4.78, 5) is 24.5. The van der Waals surface area contributed by atoms with Crippen molar-refractivity contribution in [3.63, 3.8) is 0 Å². The fraction of sp³-hybridized carbons (Fsp3) is 0.833. The lowest BCUT2D eigenvalue weighted by molar-refractivity contribution is -0.198. The van der Waals surface area contributed by atoms with E-state index in [-0.39, 0.29) is 49.7 Å². The summed E-state index contributed by atoms with van der Waals surface area (Å²) in [6.07, 6.45) is 1.10. The largest absolute Gasteiger partial charge is 0.471 e. The summed E-state index contributed by atoms with van der Waals surface area (Å²) in [5.74, 6) is -2.69. The maximum absolute atomic E-state index is 13.1. The van der Waals surface area contributed by atoms with Gasteiger partial charge in [0, 0.05) is 25.7 Å². The van der Waals surface area contributed by atoms with Gasteiger partial charge in [-0.1, -0.05) is 11.6 Å². The molecule has 1 amide bonds. The highest BCUT2D eigenvalue weighted by molar-refractivity contribution is 5.86. The standard InChI is InChI=1S/C24H36F3NO6/c1-23(2,3)34-20(30)13-28(22(31)24(25,26)27)8-7-15-10-16-12-19(18(14-29)17(16)11-15)33-21-6-4-5-9-32-21/h10,16-19,21,29H,4-9,11-14H2,1-3H3/t16?,17-,18+,19+,21?/m0/s1. The smallest absolute Gasteiger partial charge is 0.459 e. The van der Waals surface area contributed by atoms with E-state index in [9.17, 15) is 27.9 Å². The molecule has 7 nitrogen and oxygen atoms in total. The second-order valence-electron chi connectivity index (χ2n) is 10.5. The molecule has 2 aliphatic carbocycles. The lowest BCUT2D eigenvalue weighted by Gasteiger charge is -2.29. The van der Waals surface area contributed by atoms with Gasteiger partial charge in [-0.2, -0.15) is 13.2 Å². The number of alkyl halides is 3. The summed E-state index contributed by atoms with van der Waals surface area (Å²) in [6, 6.07) is 0. The number of hydrogen-bond acceptors (Lipinski definition) is 6. The van der Waals surface area contributed by atoms with Crippen LogP contribution in [0.25, 0.3) is 0 Å². The fourth-order valence-electron chi connectivity index (χ4n) is 5.23. The quantitative estimate of drug-likeness (QED) is 0.413. The fourth-order valence-corrected chi connectivity index (χ4v) is 5.23. The van der Waals surface area contributed by atoms with Crippen molar-refractivity contribution in [1.29, 1.82) is 0 Å². The van der Waals surface area contributed by atoms with E-state index in [0.717, 1.165) is 31.3 Å². The highest BCUT2D eigenvalue weighted by atomic mass is 19.4. The maximum Gasteiger partial charge on any atom is 0.471 e. The van der Waals surface area contributed by atoms with E-state index < -0.39 is 30.2 Å². The molecule has 2 unspecified atom stereocenters. The molecule has 1 saturated heterocycles. The van der Waals surface area contributed by atoms with Gasteiger partial charge in [-0.25, -0.2) is 0 Å². The van der Waals surface area contributed by atoms with Crippen LogP contribution in [0.5, 0.6) is 0 Å². The summed E-state index contributed by atoms with van der Waals surface area (Å²) in [6.45, 7) is 4.48. The van der Waals surface area contributed by atoms with Gasteiger partial charge in [0.05, 0.1) is 6.10 Å². The Morgan fingerprint density at radius 1 is 1.24 bits per heavy atom. The number of carbonyl (C=O) groups is 2. The predicted molar refractivity (Wildman–Crippen MR) is 116 cm³/mol. The van der Waals surface area contributed by atoms with E-state index in [2.05, 4.69) is 0 Å². The first-order valence-corrected chi connectivity index (χ1v) is 12.0. The van der Waals surface area contributed by atoms with Crippen molar-refractivity contribution in [2.24, 2.45) is 17.8 Å². The molecule has 0 spiro atoms. The molecule has 0 aromatic heterocycles. The Kier molecular flexibility index (Phi) is 8.68. The Hall–Kier alpha value is -1.65. The van der Waals surface area contributed by atoms with Crippen LogP contribution in [0.2, 0.25) is 0 Å². The van der Waals surface area contributed by atoms with Crippen LogP contribution in [-0.4, -0.2) is 72.4 Å². The van der Waals surface area contributed by atoms with E-state index >= 15 is 0 Å². The number of aliphatic hydroxyl groups excluding tert-OH is 1. The normalized spacial score (nSPS) is 29.5. The van der Waals surface area contributed by atoms with Gasteiger partial charge in [-0.05, 0) is 71.1 Å². The van der Waals surface area contributed by atoms with Crippen LogP contribution in [0.1, 0.15) is 59.3 Å². The number of amides is 1. The van der Waals surface area contributed by atoms with Crippen molar-refractivity contribution >= 4 is 11.9 Å². The number of allylic oxidation sites excluding steroid dienone is 1. The van der Waals surface area contributed by atoms with Crippen molar-refractivity contribution < 1.29 is 42.1 Å². The topological polar surface area (TPSA) is 85.3 Å². The summed E-state index contributed by atoms with van der Waals surface area (Å²) < 4.78 is 56.2. The Labute approximate surface area is 198 Å². The molecule has 1 saturated carbocycles. The van der Waals surface area contributed by atoms with E-state index in [1.54, 1.807) is 20.8 Å². The summed E-state index contributed by atoms with van der Waals surface area (Å²) in [5.41, 5.74) is 0.0701. The minimum absolute atomic E-state index is 0.0308. The average molecular weight is 492 g/mol. The third kappa shape index (κ3) is 7.18. The second kappa shape index (κ2) is 11.0. The van der Waals surface area contributed by atoms with Gasteiger partial charge in [0.15, 0.2) is 6.29 Å². The van der Waals surface area contributed by atoms with Gasteiger partial charge >= 0.3 is 18.1 Å². The Balaban J connectivity index is 1.59. The number of fused-ring (bicyclic) bond motifs is 1. The van der Waals surface area contributed by atoms with Crippen LogP contribution >= 0.6 is 0 Å². The molecule has 0 aromatic rings. The molecule has 1 heterocycles. The zero-order valence-electron chi connectivity index (χ0n) is 20.1. The number of hydrogen-bond donors (Lipinski definition) is 1. The van der Waals surface area contributed by atoms with Gasteiger partial charge in [0.1, 0.15) is 12.1 Å². The van der Waals surface area contributed by atoms with Gasteiger partial charge in [0.2, 0.25) is 0 Å². The third-order valence-electron chi connectivity index (χ3n) is 6.68. The minimum Gasteiger partial charge on any atom is -0.459 e. The molecule has 0 aromatic carbocycles. The summed E-state index contributed by atoms with van der Waals surface area (Å²) in [7, 11) is 0. The van der Waals surface area contributed by atoms with Gasteiger partial charge in [0.25, 0.3) is 0 Å². The molecule has 1 aliphatic heterocycles. The van der Waals surface area contributed by atoms with E-state index in [1.807, 2.05) is 6.08 Å². The van der Waals surface area contributed by atoms with Crippen LogP contribution in [-0.2, 0) is 23.8 Å². The first kappa shape index (κ1) is 26.9. The lowest BCUT2D eigenvalue weighted by Crippen LogP contribution is -2.45. The Morgan fingerprint density at radius 3 is 2.56 bits per heavy atom. The molecule has 2 fully saturated rings. The number of halogens is 3. The summed E-state index contributed by atoms with van der Waals surface area (Å²) in [5, 5.41) is 10.00. The van der Waals surface area contributed by atoms with Gasteiger partial charge in [-0.15, -0.1) is 0 Å². The molecule has 34 heavy (non-hydrogen) atoms. The van der Waals surface area contributed by atoms with E-state index in [4.69, 9.17) is 14.2 Å². The molecule has 1 N–H and O–H groups in total. The molecule has 3 rings (SSSR count). The highest BCUT2D eigenvalue weighted by Crippen LogP contribution is 2.48. The summed E-state index contributed by atoms with van der Waals surface area (Å²) >= 11 is 0. The van der Waals surface area contributed by atoms with E-state index in [1.165, 1.54) is 0 Å². The van der Waals surface area contributed by atoms with Gasteiger partial charge in [-0.3, -0.25) is 9.59 Å². The molecule has 0 bridgehead atoms. The van der Waals surface area contributed by atoms with E-state index in [0.29, 0.717) is 17.9 Å². The number of carbonyl (C=O) groups excluding carboxylic acids is 2. The molecule has 3 aliphatic rings. The number of esters is 1. The number of aliphatic hydroxyl groups is 1. The second-order valence-corrected chi connectivity index (χ2v) is 10.5. The number of rotatable bonds is 8. The Bertz CT molecular complexity index is 757. The molecule has 0 radical (unpaired) electrons. The van der Waals surface area contributed by atoms with Crippen molar-refractivity contribution in [2.75, 3.05) is 26.3 Å². The minimum atomic E-state index is -5.07. The van der Waals surface area contributed by atoms with Crippen LogP contribution in [0.3, 0.4) is 0 Å². The van der Waals surface area contributed by atoms with Crippen LogP contribution < -0.4 is 0 Å². The maximum atomic E-state index is 13.1. The first-order valence-electron chi connectivity index (χ1n) is 12.0. The zero-order chi connectivity index (χ0) is 25.1. The molecular weight excluding hydrogens is 455 g/mol. The van der Waals surface area contributed by atoms with Crippen molar-refractivity contribution in [2.45, 2.75) is 83.5 Å². The van der Waals surface area contributed by atoms with Gasteiger partial charge < -0.3 is 24.2 Å². The number of ether oxygens (including phenoxy) is 3. The lowest BCUT2D eigenvalue weighted by atomic mass is 9.90. The molecular formula is C24H36F3NO6. The van der Waals surface area contributed by atoms with Crippen LogP contribution in [0, 0.1) is 17.8 Å². The number of nitrogens with zero attached hydrogens (tertiary/aromatic N) is 1. The Morgan fingerprint density at radius 2 is 1.97 bits per heavy atom. The SMILES string of the molecule is CC(C)(C)OC(=O)CN(CCC1=CC2C[C@@H](OC3CCCCO3)[C@H](CO)[C@H]2C1)C(=O)C(F)(F)F.